The van der Waals surface area contributed by atoms with E-state index < -0.39 is 0 Å². The molecule has 0 N–H and O–H groups in total. The molecule has 0 aliphatic carbocycles. The summed E-state index contributed by atoms with van der Waals surface area (Å²) in [6.07, 6.45) is 3.54. The molecule has 0 aromatic heterocycles. The lowest BCUT2D eigenvalue weighted by Gasteiger charge is -1.86. The van der Waals surface area contributed by atoms with Gasteiger partial charge in [-0.3, -0.25) is 4.52 Å². The molecular weight excluding hydrogens is 139 g/mol. The maximum absolute atomic E-state index is 9.65. The lowest BCUT2D eigenvalue weighted by atomic mass is 10.5. The number of hydrogen-bond acceptors (Lipinski definition) is 3. The first-order valence-electron chi connectivity index (χ1n) is 2.50. The molecule has 0 fully saturated rings. The van der Waals surface area contributed by atoms with Gasteiger partial charge in [-0.15, -0.1) is 0 Å². The van der Waals surface area contributed by atoms with E-state index in [1.54, 1.807) is 19.3 Å². The van der Waals surface area contributed by atoms with Crippen molar-refractivity contribution in [3.05, 3.63) is 12.2 Å². The number of methoxy groups -OCH3 is 1. The summed E-state index contributed by atoms with van der Waals surface area (Å²) < 4.78 is 18.8. The second-order valence-corrected chi connectivity index (χ2v) is 1.70. The van der Waals surface area contributed by atoms with E-state index >= 15 is 0 Å². The highest BCUT2D eigenvalue weighted by Gasteiger charge is 1.75. The van der Waals surface area contributed by atoms with Crippen molar-refractivity contribution in [3.8, 4) is 0 Å². The first-order valence-corrected chi connectivity index (χ1v) is 3.23. The number of hydrogen-bond donors (Lipinski definition) is 0. The van der Waals surface area contributed by atoms with Crippen LogP contribution in [-0.4, -0.2) is 20.3 Å². The summed E-state index contributed by atoms with van der Waals surface area (Å²) in [5.74, 6) is 0. The fourth-order valence-electron chi connectivity index (χ4n) is 0.306. The van der Waals surface area contributed by atoms with Gasteiger partial charge in [0.25, 0.3) is 0 Å². The van der Waals surface area contributed by atoms with Crippen LogP contribution in [0.3, 0.4) is 0 Å². The molecule has 0 unspecified atom stereocenters. The van der Waals surface area contributed by atoms with Gasteiger partial charge in [-0.05, 0) is 0 Å². The molecule has 0 aliphatic rings. The Morgan fingerprint density at radius 1 is 1.44 bits per heavy atom. The molecule has 0 bridgehead atoms. The van der Waals surface area contributed by atoms with Crippen molar-refractivity contribution in [2.75, 3.05) is 20.3 Å². The van der Waals surface area contributed by atoms with E-state index in [0.29, 0.717) is 13.2 Å². The van der Waals surface area contributed by atoms with Crippen molar-refractivity contribution in [2.24, 2.45) is 0 Å². The third-order valence-electron chi connectivity index (χ3n) is 0.653. The molecule has 0 radical (unpaired) electrons. The Balaban J connectivity index is 2.94. The summed E-state index contributed by atoms with van der Waals surface area (Å²) in [5, 5.41) is 0. The Morgan fingerprint density at radius 3 is 2.67 bits per heavy atom. The van der Waals surface area contributed by atoms with Crippen LogP contribution in [0.1, 0.15) is 0 Å². The van der Waals surface area contributed by atoms with Crippen LogP contribution in [0.25, 0.3) is 0 Å². The fourth-order valence-corrected chi connectivity index (χ4v) is 0.453. The first-order chi connectivity index (χ1) is 4.41. The van der Waals surface area contributed by atoms with Gasteiger partial charge in [0, 0.05) is 7.11 Å². The second kappa shape index (κ2) is 7.76. The standard InChI is InChI=1S/C5H9O3P/c1-7-4-2-3-5-8-9-6/h2-3H,4-5H2,1H3. The van der Waals surface area contributed by atoms with E-state index in [0.717, 1.165) is 0 Å². The predicted molar refractivity (Wildman–Crippen MR) is 34.6 cm³/mol. The van der Waals surface area contributed by atoms with Crippen molar-refractivity contribution < 1.29 is 13.8 Å². The molecular formula is C5H9O3P. The Bertz CT molecular complexity index is 92.2. The minimum absolute atomic E-state index is 0.277. The molecule has 0 aromatic carbocycles. The molecule has 9 heavy (non-hydrogen) atoms. The van der Waals surface area contributed by atoms with Crippen LogP contribution >= 0.6 is 8.69 Å². The topological polar surface area (TPSA) is 35.5 Å². The van der Waals surface area contributed by atoms with E-state index in [1.165, 1.54) is 0 Å². The van der Waals surface area contributed by atoms with Crippen molar-refractivity contribution in [3.63, 3.8) is 0 Å². The second-order valence-electron chi connectivity index (χ2n) is 1.30. The third kappa shape index (κ3) is 7.76. The molecule has 0 amide bonds. The van der Waals surface area contributed by atoms with Gasteiger partial charge in [0.1, 0.15) is 0 Å². The molecule has 0 aromatic rings. The molecule has 0 spiro atoms. The fraction of sp³-hybridized carbons (Fsp3) is 0.600. The first kappa shape index (κ1) is 8.76. The predicted octanol–water partition coefficient (Wildman–Crippen LogP) is 1.41. The van der Waals surface area contributed by atoms with Gasteiger partial charge >= 0.3 is 8.69 Å². The van der Waals surface area contributed by atoms with Crippen LogP contribution in [0.15, 0.2) is 12.2 Å². The average Bonchev–Trinajstić information content (AvgIpc) is 1.89. The van der Waals surface area contributed by atoms with Gasteiger partial charge in [-0.1, -0.05) is 12.2 Å². The van der Waals surface area contributed by atoms with Gasteiger partial charge in [0.2, 0.25) is 0 Å². The lowest BCUT2D eigenvalue weighted by Crippen LogP contribution is -1.82. The summed E-state index contributed by atoms with van der Waals surface area (Å²) in [4.78, 5) is 0. The number of rotatable bonds is 5. The Hall–Kier alpha value is -0.240. The summed E-state index contributed by atoms with van der Waals surface area (Å²) in [6.45, 7) is 0.938. The quantitative estimate of drug-likeness (QED) is 0.336. The van der Waals surface area contributed by atoms with Gasteiger partial charge in [0.15, 0.2) is 0 Å². The zero-order valence-corrected chi connectivity index (χ0v) is 6.14. The third-order valence-corrected chi connectivity index (χ3v) is 0.908. The highest BCUT2D eigenvalue weighted by Crippen LogP contribution is 1.92. The maximum atomic E-state index is 9.65. The largest absolute Gasteiger partial charge is 0.381 e. The van der Waals surface area contributed by atoms with E-state index in [9.17, 15) is 4.57 Å². The molecule has 52 valence electrons. The van der Waals surface area contributed by atoms with Crippen molar-refractivity contribution in [2.45, 2.75) is 0 Å². The minimum Gasteiger partial charge on any atom is -0.381 e. The SMILES string of the molecule is COCC=CCOP=O. The Kier molecular flexibility index (Phi) is 7.55. The van der Waals surface area contributed by atoms with Crippen LogP contribution in [0, 0.1) is 0 Å². The molecule has 0 rings (SSSR count). The van der Waals surface area contributed by atoms with Gasteiger partial charge in [-0.2, -0.15) is 0 Å². The van der Waals surface area contributed by atoms with Crippen LogP contribution in [0.5, 0.6) is 0 Å². The molecule has 3 nitrogen and oxygen atoms in total. The molecule has 0 saturated heterocycles. The van der Waals surface area contributed by atoms with E-state index in [-0.39, 0.29) is 8.69 Å². The highest BCUT2D eigenvalue weighted by atomic mass is 31.1. The molecule has 0 atom stereocenters. The van der Waals surface area contributed by atoms with E-state index in [2.05, 4.69) is 4.52 Å². The maximum Gasteiger partial charge on any atom is 0.327 e. The molecule has 0 heterocycles. The van der Waals surface area contributed by atoms with E-state index in [1.807, 2.05) is 0 Å². The Morgan fingerprint density at radius 2 is 2.11 bits per heavy atom. The normalized spacial score (nSPS) is 11.2. The minimum atomic E-state index is -0.277. The summed E-state index contributed by atoms with van der Waals surface area (Å²) in [7, 11) is 1.33. The van der Waals surface area contributed by atoms with Crippen LogP contribution in [0.2, 0.25) is 0 Å². The van der Waals surface area contributed by atoms with Gasteiger partial charge in [0.05, 0.1) is 13.2 Å². The summed E-state index contributed by atoms with van der Waals surface area (Å²) in [5.41, 5.74) is 0. The molecule has 4 heteroatoms. The van der Waals surface area contributed by atoms with Crippen molar-refractivity contribution in [1.82, 2.24) is 0 Å². The smallest absolute Gasteiger partial charge is 0.327 e. The summed E-state index contributed by atoms with van der Waals surface area (Å²) >= 11 is 0. The van der Waals surface area contributed by atoms with Crippen LogP contribution in [0.4, 0.5) is 0 Å². The highest BCUT2D eigenvalue weighted by molar-refractivity contribution is 7.17. The van der Waals surface area contributed by atoms with Crippen LogP contribution < -0.4 is 0 Å². The van der Waals surface area contributed by atoms with Crippen molar-refractivity contribution in [1.29, 1.82) is 0 Å². The molecule has 0 aliphatic heterocycles. The van der Waals surface area contributed by atoms with E-state index in [4.69, 9.17) is 4.74 Å². The average molecular weight is 148 g/mol. The monoisotopic (exact) mass is 148 g/mol. The van der Waals surface area contributed by atoms with Gasteiger partial charge < -0.3 is 4.74 Å². The zero-order chi connectivity index (χ0) is 6.95. The Labute approximate surface area is 55.9 Å². The lowest BCUT2D eigenvalue weighted by molar-refractivity contribution is 0.233. The zero-order valence-electron chi connectivity index (χ0n) is 5.24. The molecule has 0 saturated carbocycles. The van der Waals surface area contributed by atoms with Gasteiger partial charge in [-0.25, -0.2) is 4.57 Å². The summed E-state index contributed by atoms with van der Waals surface area (Å²) in [6, 6.07) is 0. The van der Waals surface area contributed by atoms with Crippen molar-refractivity contribution >= 4 is 8.69 Å². The van der Waals surface area contributed by atoms with Crippen LogP contribution in [-0.2, 0) is 13.8 Å². The number of ether oxygens (including phenoxy) is 1.